The summed E-state index contributed by atoms with van der Waals surface area (Å²) in [6.45, 7) is 6.24. The minimum Gasteiger partial charge on any atom is -0.467 e. The van der Waals surface area contributed by atoms with E-state index in [1.54, 1.807) is 6.26 Å². The van der Waals surface area contributed by atoms with E-state index in [0.29, 0.717) is 25.6 Å². The second kappa shape index (κ2) is 8.22. The van der Waals surface area contributed by atoms with Gasteiger partial charge in [0.25, 0.3) is 0 Å². The van der Waals surface area contributed by atoms with Crippen LogP contribution in [-0.2, 0) is 16.1 Å². The van der Waals surface area contributed by atoms with Crippen molar-refractivity contribution >= 4 is 11.8 Å². The summed E-state index contributed by atoms with van der Waals surface area (Å²) in [6, 6.07) is 4.32. The molecule has 2 amide bonds. The molecule has 7 nitrogen and oxygen atoms in total. The molecule has 144 valence electrons. The fourth-order valence-corrected chi connectivity index (χ4v) is 4.16. The zero-order valence-electron chi connectivity index (χ0n) is 15.9. The highest BCUT2D eigenvalue weighted by Crippen LogP contribution is 2.28. The van der Waals surface area contributed by atoms with Gasteiger partial charge in [-0.1, -0.05) is 0 Å². The fourth-order valence-electron chi connectivity index (χ4n) is 4.16. The van der Waals surface area contributed by atoms with Crippen LogP contribution in [0.4, 0.5) is 0 Å². The van der Waals surface area contributed by atoms with E-state index in [1.807, 2.05) is 12.1 Å². The Balaban J connectivity index is 1.54. The smallest absolute Gasteiger partial charge is 0.239 e. The predicted octanol–water partition coefficient (Wildman–Crippen LogP) is 0.958. The Morgan fingerprint density at radius 3 is 2.96 bits per heavy atom. The van der Waals surface area contributed by atoms with E-state index in [1.165, 1.54) is 0 Å². The quantitative estimate of drug-likeness (QED) is 0.788. The maximum atomic E-state index is 12.6. The van der Waals surface area contributed by atoms with Gasteiger partial charge >= 0.3 is 0 Å². The van der Waals surface area contributed by atoms with Crippen molar-refractivity contribution in [3.05, 3.63) is 24.2 Å². The molecule has 7 heteroatoms. The molecule has 26 heavy (non-hydrogen) atoms. The lowest BCUT2D eigenvalue weighted by molar-refractivity contribution is -0.126. The lowest BCUT2D eigenvalue weighted by Gasteiger charge is -2.34. The number of carbonyl (C=O) groups excluding carboxylic acids is 2. The Hall–Kier alpha value is -1.86. The van der Waals surface area contributed by atoms with Crippen molar-refractivity contribution in [3.8, 4) is 0 Å². The number of likely N-dealkylation sites (tertiary alicyclic amines) is 1. The molecular formula is C19H30N4O3. The van der Waals surface area contributed by atoms with E-state index in [2.05, 4.69) is 41.3 Å². The summed E-state index contributed by atoms with van der Waals surface area (Å²) in [5.74, 6) is 0.884. The molecule has 0 aromatic carbocycles. The summed E-state index contributed by atoms with van der Waals surface area (Å²) >= 11 is 0. The van der Waals surface area contributed by atoms with Crippen LogP contribution in [0.5, 0.6) is 0 Å². The summed E-state index contributed by atoms with van der Waals surface area (Å²) in [5, 5.41) is 5.98. The highest BCUT2D eigenvalue weighted by molar-refractivity contribution is 5.83. The van der Waals surface area contributed by atoms with E-state index >= 15 is 0 Å². The Labute approximate surface area is 155 Å². The molecule has 0 bridgehead atoms. The number of nitrogens with one attached hydrogen (secondary N) is 2. The third-order valence-electron chi connectivity index (χ3n) is 5.69. The summed E-state index contributed by atoms with van der Waals surface area (Å²) < 4.78 is 5.23. The van der Waals surface area contributed by atoms with Crippen molar-refractivity contribution in [3.63, 3.8) is 0 Å². The fraction of sp³-hybridized carbons (Fsp3) is 0.684. The van der Waals surface area contributed by atoms with E-state index < -0.39 is 0 Å². The molecule has 1 aromatic heterocycles. The predicted molar refractivity (Wildman–Crippen MR) is 98.4 cm³/mol. The van der Waals surface area contributed by atoms with Gasteiger partial charge in [0.05, 0.1) is 12.8 Å². The number of amides is 2. The second-order valence-corrected chi connectivity index (χ2v) is 7.59. The number of rotatable bonds is 6. The molecule has 1 aromatic rings. The molecule has 0 aliphatic carbocycles. The maximum Gasteiger partial charge on any atom is 0.239 e. The van der Waals surface area contributed by atoms with Crippen LogP contribution in [0, 0.1) is 0 Å². The minimum absolute atomic E-state index is 0.0113. The second-order valence-electron chi connectivity index (χ2n) is 7.59. The zero-order chi connectivity index (χ0) is 18.7. The summed E-state index contributed by atoms with van der Waals surface area (Å²) in [7, 11) is 2.09. The maximum absolute atomic E-state index is 12.6. The molecule has 0 spiro atoms. The van der Waals surface area contributed by atoms with E-state index in [-0.39, 0.29) is 29.9 Å². The summed E-state index contributed by atoms with van der Waals surface area (Å²) in [6.07, 6.45) is 3.76. The number of fused-ring (bicyclic) bond motifs is 1. The van der Waals surface area contributed by atoms with Crippen molar-refractivity contribution in [1.82, 2.24) is 20.4 Å². The van der Waals surface area contributed by atoms with Crippen LogP contribution in [0.2, 0.25) is 0 Å². The molecule has 0 unspecified atom stereocenters. The molecule has 2 fully saturated rings. The van der Waals surface area contributed by atoms with Crippen LogP contribution in [0.25, 0.3) is 0 Å². The highest BCUT2D eigenvalue weighted by atomic mass is 16.3. The molecule has 0 radical (unpaired) electrons. The van der Waals surface area contributed by atoms with Gasteiger partial charge in [-0.3, -0.25) is 19.4 Å². The monoisotopic (exact) mass is 362 g/mol. The van der Waals surface area contributed by atoms with Crippen LogP contribution < -0.4 is 10.6 Å². The number of hydrogen-bond donors (Lipinski definition) is 2. The number of hydrogen-bond acceptors (Lipinski definition) is 5. The van der Waals surface area contributed by atoms with Gasteiger partial charge < -0.3 is 15.1 Å². The molecule has 0 saturated carbocycles. The molecule has 3 heterocycles. The molecule has 2 aliphatic heterocycles. The first-order valence-corrected chi connectivity index (χ1v) is 9.52. The lowest BCUT2D eigenvalue weighted by Crippen LogP contribution is -2.51. The topological polar surface area (TPSA) is 77.8 Å². The van der Waals surface area contributed by atoms with Crippen LogP contribution >= 0.6 is 0 Å². The van der Waals surface area contributed by atoms with Crippen LogP contribution in [0.1, 0.15) is 38.9 Å². The number of furan rings is 1. The Kier molecular flexibility index (Phi) is 5.98. The van der Waals surface area contributed by atoms with Gasteiger partial charge in [-0.15, -0.1) is 0 Å². The van der Waals surface area contributed by atoms with Crippen LogP contribution in [0.3, 0.4) is 0 Å². The Morgan fingerprint density at radius 2 is 2.27 bits per heavy atom. The van der Waals surface area contributed by atoms with Crippen molar-refractivity contribution < 1.29 is 14.0 Å². The molecule has 3 atom stereocenters. The number of likely N-dealkylation sites (N-methyl/N-ethyl adjacent to an activating group) is 1. The molecule has 2 saturated heterocycles. The van der Waals surface area contributed by atoms with Crippen LogP contribution in [-0.4, -0.2) is 65.9 Å². The first kappa shape index (κ1) is 18.9. The first-order chi connectivity index (χ1) is 12.5. The molecule has 2 N–H and O–H groups in total. The molecule has 2 aliphatic rings. The third-order valence-corrected chi connectivity index (χ3v) is 5.69. The zero-order valence-corrected chi connectivity index (χ0v) is 15.9. The largest absolute Gasteiger partial charge is 0.467 e. The number of nitrogens with zero attached hydrogens (tertiary/aromatic N) is 2. The highest BCUT2D eigenvalue weighted by Gasteiger charge is 2.45. The average molecular weight is 362 g/mol. The van der Waals surface area contributed by atoms with E-state index in [0.717, 1.165) is 25.1 Å². The standard InChI is InChI=1S/C19H30N4O3/c1-13(2)23-9-8-16-18(23)19(25)21-11-14(22(16)3)6-7-17(24)20-12-15-5-4-10-26-15/h4-5,10,13-14,16,18H,6-9,11-12H2,1-3H3,(H,20,24)(H,21,25)/t14-,16-,18-/m0/s1. The van der Waals surface area contributed by atoms with Crippen molar-refractivity contribution in [2.45, 2.75) is 63.8 Å². The average Bonchev–Trinajstić information content (AvgIpc) is 3.26. The normalized spacial score (nSPS) is 27.2. The summed E-state index contributed by atoms with van der Waals surface area (Å²) in [5.41, 5.74) is 0. The summed E-state index contributed by atoms with van der Waals surface area (Å²) in [4.78, 5) is 29.3. The van der Waals surface area contributed by atoms with Gasteiger partial charge in [-0.25, -0.2) is 0 Å². The SMILES string of the molecule is CC(C)N1CC[C@H]2[C@H]1C(=O)NC[C@H](CCC(=O)NCc1ccco1)N2C. The van der Waals surface area contributed by atoms with Gasteiger partial charge in [0, 0.05) is 37.6 Å². The van der Waals surface area contributed by atoms with Crippen molar-refractivity contribution in [2.24, 2.45) is 0 Å². The van der Waals surface area contributed by atoms with Crippen molar-refractivity contribution in [2.75, 3.05) is 20.1 Å². The molecule has 3 rings (SSSR count). The van der Waals surface area contributed by atoms with Gasteiger partial charge in [0.2, 0.25) is 11.8 Å². The Bertz CT molecular complexity index is 616. The van der Waals surface area contributed by atoms with E-state index in [9.17, 15) is 9.59 Å². The third kappa shape index (κ3) is 4.10. The minimum atomic E-state index is -0.0854. The van der Waals surface area contributed by atoms with Gasteiger partial charge in [0.15, 0.2) is 0 Å². The molecular weight excluding hydrogens is 332 g/mol. The lowest BCUT2D eigenvalue weighted by atomic mass is 10.0. The van der Waals surface area contributed by atoms with Crippen molar-refractivity contribution in [1.29, 1.82) is 0 Å². The van der Waals surface area contributed by atoms with Gasteiger partial charge in [-0.2, -0.15) is 0 Å². The van der Waals surface area contributed by atoms with Gasteiger partial charge in [-0.05, 0) is 45.9 Å². The van der Waals surface area contributed by atoms with E-state index in [4.69, 9.17) is 4.42 Å². The van der Waals surface area contributed by atoms with Gasteiger partial charge in [0.1, 0.15) is 11.8 Å². The number of carbonyl (C=O) groups is 2. The Morgan fingerprint density at radius 1 is 1.46 bits per heavy atom. The first-order valence-electron chi connectivity index (χ1n) is 9.52. The van der Waals surface area contributed by atoms with Crippen LogP contribution in [0.15, 0.2) is 22.8 Å².